The summed E-state index contributed by atoms with van der Waals surface area (Å²) in [5, 5.41) is 8.88. The van der Waals surface area contributed by atoms with Gasteiger partial charge in [-0.25, -0.2) is 4.98 Å². The van der Waals surface area contributed by atoms with Crippen LogP contribution in [0.1, 0.15) is 39.8 Å². The van der Waals surface area contributed by atoms with Gasteiger partial charge in [0.2, 0.25) is 0 Å². The van der Waals surface area contributed by atoms with Crippen LogP contribution in [0, 0.1) is 13.8 Å². The molecule has 0 fully saturated rings. The van der Waals surface area contributed by atoms with E-state index in [2.05, 4.69) is 30.5 Å². The maximum Gasteiger partial charge on any atom is 0.115 e. The number of hydrogen-bond donors (Lipinski definition) is 1. The summed E-state index contributed by atoms with van der Waals surface area (Å²) in [6.45, 7) is 6.33. The van der Waals surface area contributed by atoms with E-state index in [1.807, 2.05) is 25.7 Å². The molecule has 2 rings (SSSR count). The van der Waals surface area contributed by atoms with E-state index in [4.69, 9.17) is 4.98 Å². The zero-order valence-electron chi connectivity index (χ0n) is 11.6. The summed E-state index contributed by atoms with van der Waals surface area (Å²) in [5.74, 6) is 0. The quantitative estimate of drug-likeness (QED) is 0.922. The lowest BCUT2D eigenvalue weighted by molar-refractivity contribution is 0.678. The van der Waals surface area contributed by atoms with E-state index in [9.17, 15) is 0 Å². The van der Waals surface area contributed by atoms with Crippen LogP contribution < -0.4 is 5.32 Å². The highest BCUT2D eigenvalue weighted by atomic mass is 32.1. The van der Waals surface area contributed by atoms with Gasteiger partial charge in [-0.1, -0.05) is 6.92 Å². The summed E-state index contributed by atoms with van der Waals surface area (Å²) >= 11 is 1.77. The van der Waals surface area contributed by atoms with Gasteiger partial charge in [0.25, 0.3) is 0 Å². The Balaban J connectivity index is 2.41. The molecular formula is C13H20N4S. The molecule has 0 aliphatic rings. The second-order valence-electron chi connectivity index (χ2n) is 4.47. The average Bonchev–Trinajstić information content (AvgIpc) is 2.84. The highest BCUT2D eigenvalue weighted by Gasteiger charge is 2.21. The molecule has 0 saturated carbocycles. The topological polar surface area (TPSA) is 42.7 Å². The Morgan fingerprint density at radius 3 is 2.61 bits per heavy atom. The van der Waals surface area contributed by atoms with E-state index in [0.29, 0.717) is 0 Å². The zero-order valence-corrected chi connectivity index (χ0v) is 12.4. The smallest absolute Gasteiger partial charge is 0.115 e. The highest BCUT2D eigenvalue weighted by Crippen LogP contribution is 2.29. The van der Waals surface area contributed by atoms with Gasteiger partial charge in [0.05, 0.1) is 17.4 Å². The normalized spacial score (nSPS) is 12.9. The van der Waals surface area contributed by atoms with Crippen LogP contribution in [0.5, 0.6) is 0 Å². The van der Waals surface area contributed by atoms with E-state index in [1.54, 1.807) is 11.3 Å². The lowest BCUT2D eigenvalue weighted by Gasteiger charge is -2.12. The van der Waals surface area contributed by atoms with Crippen molar-refractivity contribution < 1.29 is 0 Å². The van der Waals surface area contributed by atoms with Crippen LogP contribution in [0.2, 0.25) is 0 Å². The molecule has 0 amide bonds. The SMILES string of the molecule is CCc1nc(C(NC)c2cn(C)nc2C)sc1C. The minimum Gasteiger partial charge on any atom is -0.307 e. The molecular weight excluding hydrogens is 244 g/mol. The third-order valence-corrected chi connectivity index (χ3v) is 4.22. The summed E-state index contributed by atoms with van der Waals surface area (Å²) in [6.07, 6.45) is 3.06. The van der Waals surface area contributed by atoms with Gasteiger partial charge in [-0.3, -0.25) is 4.68 Å². The standard InChI is InChI=1S/C13H20N4S/c1-6-11-9(3)18-13(15-11)12(14-4)10-7-17(5)16-8(10)2/h7,12,14H,6H2,1-5H3. The van der Waals surface area contributed by atoms with E-state index in [1.165, 1.54) is 16.1 Å². The number of aryl methyl sites for hydroxylation is 4. The molecule has 0 aromatic carbocycles. The summed E-state index contributed by atoms with van der Waals surface area (Å²) in [4.78, 5) is 6.06. The van der Waals surface area contributed by atoms with Crippen LogP contribution in [0.25, 0.3) is 0 Å². The van der Waals surface area contributed by atoms with Crippen LogP contribution >= 0.6 is 11.3 Å². The van der Waals surface area contributed by atoms with E-state index in [-0.39, 0.29) is 6.04 Å². The summed E-state index contributed by atoms with van der Waals surface area (Å²) in [7, 11) is 3.92. The molecule has 0 aliphatic heterocycles. The van der Waals surface area contributed by atoms with E-state index in [0.717, 1.165) is 17.1 Å². The summed E-state index contributed by atoms with van der Waals surface area (Å²) < 4.78 is 1.86. The van der Waals surface area contributed by atoms with E-state index < -0.39 is 0 Å². The molecule has 0 bridgehead atoms. The van der Waals surface area contributed by atoms with Crippen molar-refractivity contribution in [3.63, 3.8) is 0 Å². The van der Waals surface area contributed by atoms with Crippen LogP contribution in [-0.2, 0) is 13.5 Å². The lowest BCUT2D eigenvalue weighted by Crippen LogP contribution is -2.18. The molecule has 2 aromatic heterocycles. The molecule has 1 atom stereocenters. The van der Waals surface area contributed by atoms with Crippen LogP contribution in [0.15, 0.2) is 6.20 Å². The molecule has 5 heteroatoms. The Morgan fingerprint density at radius 1 is 1.44 bits per heavy atom. The molecule has 0 spiro atoms. The first-order valence-electron chi connectivity index (χ1n) is 6.20. The number of nitrogens with one attached hydrogen (secondary N) is 1. The molecule has 2 aromatic rings. The fourth-order valence-electron chi connectivity index (χ4n) is 2.22. The Hall–Kier alpha value is -1.20. The number of hydrogen-bond acceptors (Lipinski definition) is 4. The molecule has 0 radical (unpaired) electrons. The molecule has 4 nitrogen and oxygen atoms in total. The zero-order chi connectivity index (χ0) is 13.3. The summed E-state index contributed by atoms with van der Waals surface area (Å²) in [6, 6.07) is 0.141. The lowest BCUT2D eigenvalue weighted by atomic mass is 10.1. The third kappa shape index (κ3) is 2.33. The maximum atomic E-state index is 4.75. The number of nitrogens with zero attached hydrogens (tertiary/aromatic N) is 3. The van der Waals surface area contributed by atoms with E-state index >= 15 is 0 Å². The second-order valence-corrected chi connectivity index (χ2v) is 5.71. The van der Waals surface area contributed by atoms with Crippen molar-refractivity contribution in [1.29, 1.82) is 0 Å². The first-order valence-corrected chi connectivity index (χ1v) is 7.02. The van der Waals surface area contributed by atoms with Crippen LogP contribution in [0.4, 0.5) is 0 Å². The molecule has 2 heterocycles. The number of rotatable bonds is 4. The van der Waals surface area contributed by atoms with Gasteiger partial charge < -0.3 is 5.32 Å². The third-order valence-electron chi connectivity index (χ3n) is 3.14. The average molecular weight is 264 g/mol. The minimum atomic E-state index is 0.141. The van der Waals surface area contributed by atoms with Crippen molar-refractivity contribution >= 4 is 11.3 Å². The first kappa shape index (κ1) is 13.2. The fourth-order valence-corrected chi connectivity index (χ4v) is 3.36. The molecule has 18 heavy (non-hydrogen) atoms. The molecule has 0 aliphatic carbocycles. The van der Waals surface area contributed by atoms with Crippen molar-refractivity contribution in [3.05, 3.63) is 33.0 Å². The van der Waals surface area contributed by atoms with Gasteiger partial charge in [-0.15, -0.1) is 11.3 Å². The predicted molar refractivity (Wildman–Crippen MR) is 75.1 cm³/mol. The first-order chi connectivity index (χ1) is 8.56. The van der Waals surface area contributed by atoms with Gasteiger partial charge in [0.1, 0.15) is 5.01 Å². The maximum absolute atomic E-state index is 4.75. The molecule has 0 saturated heterocycles. The largest absolute Gasteiger partial charge is 0.307 e. The molecule has 1 N–H and O–H groups in total. The van der Waals surface area contributed by atoms with Crippen molar-refractivity contribution in [2.24, 2.45) is 7.05 Å². The Bertz CT molecular complexity index is 541. The van der Waals surface area contributed by atoms with Crippen molar-refractivity contribution in [1.82, 2.24) is 20.1 Å². The fraction of sp³-hybridized carbons (Fsp3) is 0.538. The molecule has 1 unspecified atom stereocenters. The van der Waals surface area contributed by atoms with Crippen molar-refractivity contribution in [2.45, 2.75) is 33.2 Å². The predicted octanol–water partition coefficient (Wildman–Crippen LogP) is 2.36. The Morgan fingerprint density at radius 2 is 2.17 bits per heavy atom. The van der Waals surface area contributed by atoms with Crippen LogP contribution in [-0.4, -0.2) is 21.8 Å². The summed E-state index contributed by atoms with van der Waals surface area (Å²) in [5.41, 5.74) is 3.47. The van der Waals surface area contributed by atoms with Crippen molar-refractivity contribution in [3.8, 4) is 0 Å². The number of thiazole rings is 1. The minimum absolute atomic E-state index is 0.141. The van der Waals surface area contributed by atoms with Gasteiger partial charge in [-0.2, -0.15) is 5.10 Å². The second kappa shape index (κ2) is 5.20. The van der Waals surface area contributed by atoms with Gasteiger partial charge in [0, 0.05) is 23.7 Å². The van der Waals surface area contributed by atoms with Gasteiger partial charge in [-0.05, 0) is 27.3 Å². The number of aromatic nitrogens is 3. The molecule has 98 valence electrons. The van der Waals surface area contributed by atoms with Gasteiger partial charge >= 0.3 is 0 Å². The van der Waals surface area contributed by atoms with Gasteiger partial charge in [0.15, 0.2) is 0 Å². The monoisotopic (exact) mass is 264 g/mol. The Labute approximate surface area is 112 Å². The van der Waals surface area contributed by atoms with Crippen LogP contribution in [0.3, 0.4) is 0 Å². The highest BCUT2D eigenvalue weighted by molar-refractivity contribution is 7.11. The Kier molecular flexibility index (Phi) is 3.82. The van der Waals surface area contributed by atoms with Crippen molar-refractivity contribution in [2.75, 3.05) is 7.05 Å².